The van der Waals surface area contributed by atoms with Gasteiger partial charge in [-0.25, -0.2) is 9.97 Å². The minimum Gasteiger partial charge on any atom is -0.357 e. The van der Waals surface area contributed by atoms with Gasteiger partial charge in [0.1, 0.15) is 11.6 Å². The zero-order valence-electron chi connectivity index (χ0n) is 16.5. The average molecular weight is 364 g/mol. The highest BCUT2D eigenvalue weighted by Crippen LogP contribution is 2.25. The molecule has 0 bridgehead atoms. The SMILES string of the molecule is CN(CC1CCCN1C)c1nc(CCc2ccccc2)nc2c1cnn2C. The topological polar surface area (TPSA) is 50.1 Å². The zero-order chi connectivity index (χ0) is 18.8. The summed E-state index contributed by atoms with van der Waals surface area (Å²) in [6.07, 6.45) is 6.20. The van der Waals surface area contributed by atoms with Crippen molar-refractivity contribution in [2.24, 2.45) is 7.05 Å². The van der Waals surface area contributed by atoms with Crippen molar-refractivity contribution >= 4 is 16.9 Å². The van der Waals surface area contributed by atoms with E-state index in [9.17, 15) is 0 Å². The second kappa shape index (κ2) is 7.64. The molecule has 6 heteroatoms. The molecule has 6 nitrogen and oxygen atoms in total. The fraction of sp³-hybridized carbons (Fsp3) is 0.476. The molecule has 3 heterocycles. The number of hydrogen-bond acceptors (Lipinski definition) is 5. The van der Waals surface area contributed by atoms with Crippen molar-refractivity contribution in [3.05, 3.63) is 47.9 Å². The highest BCUT2D eigenvalue weighted by molar-refractivity contribution is 5.86. The third-order valence-corrected chi connectivity index (χ3v) is 5.62. The Balaban J connectivity index is 1.60. The molecule has 1 aromatic carbocycles. The first-order chi connectivity index (χ1) is 13.1. The van der Waals surface area contributed by atoms with Crippen LogP contribution in [0, 0.1) is 0 Å². The van der Waals surface area contributed by atoms with Gasteiger partial charge >= 0.3 is 0 Å². The van der Waals surface area contributed by atoms with E-state index in [0.29, 0.717) is 6.04 Å². The van der Waals surface area contributed by atoms with Gasteiger partial charge in [0.2, 0.25) is 0 Å². The fourth-order valence-electron chi connectivity index (χ4n) is 3.97. The number of likely N-dealkylation sites (N-methyl/N-ethyl adjacent to an activating group) is 2. The van der Waals surface area contributed by atoms with E-state index in [2.05, 4.69) is 59.3 Å². The fourth-order valence-corrected chi connectivity index (χ4v) is 3.97. The predicted molar refractivity (Wildman–Crippen MR) is 109 cm³/mol. The lowest BCUT2D eigenvalue weighted by Crippen LogP contribution is -2.37. The average Bonchev–Trinajstić information content (AvgIpc) is 3.26. The van der Waals surface area contributed by atoms with E-state index >= 15 is 0 Å². The molecule has 1 unspecified atom stereocenters. The summed E-state index contributed by atoms with van der Waals surface area (Å²) >= 11 is 0. The van der Waals surface area contributed by atoms with E-state index in [1.165, 1.54) is 24.9 Å². The van der Waals surface area contributed by atoms with Crippen LogP contribution in [0.4, 0.5) is 5.82 Å². The van der Waals surface area contributed by atoms with Crippen molar-refractivity contribution in [2.45, 2.75) is 31.7 Å². The molecule has 1 saturated heterocycles. The molecule has 3 aromatic rings. The highest BCUT2D eigenvalue weighted by atomic mass is 15.3. The number of benzene rings is 1. The minimum absolute atomic E-state index is 0.587. The van der Waals surface area contributed by atoms with Crippen molar-refractivity contribution in [3.8, 4) is 0 Å². The third-order valence-electron chi connectivity index (χ3n) is 5.62. The summed E-state index contributed by atoms with van der Waals surface area (Å²) < 4.78 is 1.85. The Morgan fingerprint density at radius 2 is 1.93 bits per heavy atom. The first-order valence-corrected chi connectivity index (χ1v) is 9.76. The summed E-state index contributed by atoms with van der Waals surface area (Å²) in [6, 6.07) is 11.1. The van der Waals surface area contributed by atoms with Crippen LogP contribution in [0.15, 0.2) is 36.5 Å². The van der Waals surface area contributed by atoms with E-state index in [-0.39, 0.29) is 0 Å². The molecule has 0 spiro atoms. The normalized spacial score (nSPS) is 17.7. The second-order valence-corrected chi connectivity index (χ2v) is 7.61. The molecule has 1 aliphatic rings. The summed E-state index contributed by atoms with van der Waals surface area (Å²) in [5.74, 6) is 1.88. The van der Waals surface area contributed by atoms with Gasteiger partial charge in [-0.15, -0.1) is 0 Å². The standard InChI is InChI=1S/C21H28N6/c1-25-13-7-10-17(25)15-26(2)20-18-14-22-27(3)21(18)24-19(23-20)12-11-16-8-5-4-6-9-16/h4-6,8-9,14,17H,7,10-13,15H2,1-3H3. The van der Waals surface area contributed by atoms with E-state index in [1.807, 2.05) is 17.9 Å². The van der Waals surface area contributed by atoms with Gasteiger partial charge in [0.15, 0.2) is 5.65 Å². The number of aryl methyl sites for hydroxylation is 3. The summed E-state index contributed by atoms with van der Waals surface area (Å²) in [7, 11) is 6.31. The van der Waals surface area contributed by atoms with Crippen LogP contribution < -0.4 is 4.90 Å². The van der Waals surface area contributed by atoms with Crippen LogP contribution in [-0.2, 0) is 19.9 Å². The van der Waals surface area contributed by atoms with E-state index in [0.717, 1.165) is 42.1 Å². The Kier molecular flexibility index (Phi) is 5.07. The maximum atomic E-state index is 4.94. The largest absolute Gasteiger partial charge is 0.357 e. The maximum absolute atomic E-state index is 4.94. The molecule has 0 saturated carbocycles. The van der Waals surface area contributed by atoms with Gasteiger partial charge in [-0.05, 0) is 38.4 Å². The first kappa shape index (κ1) is 17.9. The molecule has 0 N–H and O–H groups in total. The Labute approximate surface area is 160 Å². The molecule has 4 rings (SSSR count). The molecular formula is C21H28N6. The van der Waals surface area contributed by atoms with Gasteiger partial charge in [-0.1, -0.05) is 30.3 Å². The zero-order valence-corrected chi connectivity index (χ0v) is 16.5. The van der Waals surface area contributed by atoms with Crippen LogP contribution in [-0.4, -0.2) is 57.9 Å². The van der Waals surface area contributed by atoms with Crippen LogP contribution in [0.5, 0.6) is 0 Å². The summed E-state index contributed by atoms with van der Waals surface area (Å²) in [4.78, 5) is 14.5. The summed E-state index contributed by atoms with van der Waals surface area (Å²) in [5.41, 5.74) is 2.23. The number of aromatic nitrogens is 4. The Morgan fingerprint density at radius 1 is 1.11 bits per heavy atom. The number of fused-ring (bicyclic) bond motifs is 1. The van der Waals surface area contributed by atoms with Gasteiger partial charge in [0.05, 0.1) is 11.6 Å². The third kappa shape index (κ3) is 3.81. The smallest absolute Gasteiger partial charge is 0.163 e. The Bertz CT molecular complexity index is 904. The molecule has 1 aliphatic heterocycles. The summed E-state index contributed by atoms with van der Waals surface area (Å²) in [5, 5.41) is 5.45. The predicted octanol–water partition coefficient (Wildman–Crippen LogP) is 2.68. The van der Waals surface area contributed by atoms with Crippen molar-refractivity contribution < 1.29 is 0 Å². The Morgan fingerprint density at radius 3 is 2.67 bits per heavy atom. The lowest BCUT2D eigenvalue weighted by Gasteiger charge is -2.27. The highest BCUT2D eigenvalue weighted by Gasteiger charge is 2.24. The quantitative estimate of drug-likeness (QED) is 0.673. The van der Waals surface area contributed by atoms with Gasteiger partial charge < -0.3 is 9.80 Å². The number of rotatable bonds is 6. The van der Waals surface area contributed by atoms with Crippen molar-refractivity contribution in [3.63, 3.8) is 0 Å². The number of nitrogens with zero attached hydrogens (tertiary/aromatic N) is 6. The second-order valence-electron chi connectivity index (χ2n) is 7.61. The van der Waals surface area contributed by atoms with Gasteiger partial charge in [0, 0.05) is 33.1 Å². The van der Waals surface area contributed by atoms with Gasteiger partial charge in [-0.3, -0.25) is 4.68 Å². The van der Waals surface area contributed by atoms with Crippen LogP contribution in [0.3, 0.4) is 0 Å². The van der Waals surface area contributed by atoms with E-state index < -0.39 is 0 Å². The number of hydrogen-bond donors (Lipinski definition) is 0. The van der Waals surface area contributed by atoms with Crippen LogP contribution in [0.25, 0.3) is 11.0 Å². The molecule has 142 valence electrons. The molecule has 2 aromatic heterocycles. The van der Waals surface area contributed by atoms with Crippen molar-refractivity contribution in [2.75, 3.05) is 32.1 Å². The monoisotopic (exact) mass is 364 g/mol. The van der Waals surface area contributed by atoms with E-state index in [4.69, 9.17) is 9.97 Å². The van der Waals surface area contributed by atoms with Crippen molar-refractivity contribution in [1.82, 2.24) is 24.6 Å². The minimum atomic E-state index is 0.587. The lowest BCUT2D eigenvalue weighted by molar-refractivity contribution is 0.314. The molecule has 27 heavy (non-hydrogen) atoms. The maximum Gasteiger partial charge on any atom is 0.163 e. The number of likely N-dealkylation sites (tertiary alicyclic amines) is 1. The molecular weight excluding hydrogens is 336 g/mol. The lowest BCUT2D eigenvalue weighted by atomic mass is 10.1. The molecule has 0 radical (unpaired) electrons. The van der Waals surface area contributed by atoms with Crippen molar-refractivity contribution in [1.29, 1.82) is 0 Å². The van der Waals surface area contributed by atoms with Crippen LogP contribution in [0.1, 0.15) is 24.2 Å². The molecule has 0 amide bonds. The molecule has 0 aliphatic carbocycles. The van der Waals surface area contributed by atoms with Crippen LogP contribution in [0.2, 0.25) is 0 Å². The Hall–Kier alpha value is -2.47. The first-order valence-electron chi connectivity index (χ1n) is 9.76. The number of anilines is 1. The van der Waals surface area contributed by atoms with Gasteiger partial charge in [-0.2, -0.15) is 5.10 Å². The van der Waals surface area contributed by atoms with Crippen LogP contribution >= 0.6 is 0 Å². The van der Waals surface area contributed by atoms with Gasteiger partial charge in [0.25, 0.3) is 0 Å². The van der Waals surface area contributed by atoms with E-state index in [1.54, 1.807) is 0 Å². The summed E-state index contributed by atoms with van der Waals surface area (Å²) in [6.45, 7) is 2.17. The molecule has 1 atom stereocenters. The molecule has 1 fully saturated rings.